The van der Waals surface area contributed by atoms with Gasteiger partial charge in [0.15, 0.2) is 22.0 Å². The van der Waals surface area contributed by atoms with Crippen molar-refractivity contribution in [3.05, 3.63) is 21.6 Å². The summed E-state index contributed by atoms with van der Waals surface area (Å²) in [6.07, 6.45) is -2.41. The molecule has 0 aromatic heterocycles. The summed E-state index contributed by atoms with van der Waals surface area (Å²) >= 11 is 6.43. The van der Waals surface area contributed by atoms with E-state index >= 15 is 0 Å². The second kappa shape index (κ2) is 6.97. The number of nitroso groups, excluding NO2 is 1. The zero-order valence-corrected chi connectivity index (χ0v) is 20.3. The largest absolute Gasteiger partial charge is 0.491 e. The summed E-state index contributed by atoms with van der Waals surface area (Å²) in [5.41, 5.74) is -1.08. The molecule has 2 N–H and O–H groups in total. The van der Waals surface area contributed by atoms with Crippen LogP contribution in [0.1, 0.15) is 12.5 Å². The highest BCUT2D eigenvalue weighted by atomic mass is 35.5. The second-order valence-corrected chi connectivity index (χ2v) is 12.8. The molecule has 1 aromatic rings. The molecule has 6 rings (SSSR count). The highest BCUT2D eigenvalue weighted by molar-refractivity contribution is 9.09. The first-order valence-electron chi connectivity index (χ1n) is 9.52. The van der Waals surface area contributed by atoms with Gasteiger partial charge in [-0.1, -0.05) is 22.4 Å². The molecule has 0 aliphatic carbocycles. The van der Waals surface area contributed by atoms with Crippen molar-refractivity contribution in [1.29, 1.82) is 0 Å². The molecule has 6 unspecified atom stereocenters. The maximum Gasteiger partial charge on any atom is 0.299 e. The van der Waals surface area contributed by atoms with Crippen molar-refractivity contribution in [2.75, 3.05) is 31.9 Å². The Balaban J connectivity index is 1.80. The van der Waals surface area contributed by atoms with E-state index in [2.05, 4.69) is 0 Å². The number of amides is 1. The standard InChI is InChI=1S/C18H21ClN3O6S3/c1-7-18-15(24)17(25)8-5-9(19)12(27-3)13(28-4)11(8)20(2)16(17)21(18)14(23)10(22(7)26)6-29-31-30-18/h5,7,10,15-16,24-25H,6H2,1-4H3/q+1. The van der Waals surface area contributed by atoms with Crippen LogP contribution >= 0.6 is 43.0 Å². The maximum atomic E-state index is 13.6. The Bertz CT molecular complexity index is 1020. The van der Waals surface area contributed by atoms with Gasteiger partial charge < -0.3 is 24.6 Å². The quantitative estimate of drug-likeness (QED) is 0.456. The van der Waals surface area contributed by atoms with Crippen LogP contribution in [-0.2, 0) is 10.4 Å². The van der Waals surface area contributed by atoms with Gasteiger partial charge in [0.2, 0.25) is 6.04 Å². The fourth-order valence-electron chi connectivity index (χ4n) is 5.40. The number of nitrogens with zero attached hydrogens (tertiary/aromatic N) is 3. The molecule has 9 nitrogen and oxygen atoms in total. The van der Waals surface area contributed by atoms with E-state index < -0.39 is 40.7 Å². The lowest BCUT2D eigenvalue weighted by atomic mass is 9.85. The number of carbonyl (C=O) groups excluding carboxylic acids is 1. The Morgan fingerprint density at radius 3 is 2.65 bits per heavy atom. The predicted molar refractivity (Wildman–Crippen MR) is 121 cm³/mol. The SMILES string of the molecule is COc1c(Cl)cc2c(c1OC)N(C)C1N3C(=O)C4CSSSC3(C(C)[N+]4=O)C(O)C21O. The van der Waals surface area contributed by atoms with Gasteiger partial charge in [-0.3, -0.25) is 9.69 Å². The maximum absolute atomic E-state index is 13.6. The molecule has 6 atom stereocenters. The summed E-state index contributed by atoms with van der Waals surface area (Å²) in [6, 6.07) is -0.100. The molecule has 4 saturated heterocycles. The molecule has 1 amide bonds. The smallest absolute Gasteiger partial charge is 0.299 e. The van der Waals surface area contributed by atoms with Gasteiger partial charge in [-0.15, -0.1) is 0 Å². The van der Waals surface area contributed by atoms with Gasteiger partial charge in [-0.25, -0.2) is 0 Å². The van der Waals surface area contributed by atoms with Crippen LogP contribution in [0.25, 0.3) is 0 Å². The van der Waals surface area contributed by atoms with Gasteiger partial charge in [-0.05, 0) is 26.7 Å². The number of hydrogen-bond acceptors (Lipinski definition) is 10. The monoisotopic (exact) mass is 506 g/mol. The van der Waals surface area contributed by atoms with Crippen LogP contribution in [0.2, 0.25) is 5.02 Å². The van der Waals surface area contributed by atoms with Crippen molar-refractivity contribution in [1.82, 2.24) is 4.90 Å². The molecular formula is C18H21ClN3O6S3+. The van der Waals surface area contributed by atoms with E-state index in [4.69, 9.17) is 21.1 Å². The van der Waals surface area contributed by atoms with Crippen molar-refractivity contribution in [2.45, 2.75) is 41.7 Å². The zero-order chi connectivity index (χ0) is 22.5. The van der Waals surface area contributed by atoms with Crippen LogP contribution < -0.4 is 14.4 Å². The third-order valence-electron chi connectivity index (χ3n) is 6.80. The molecular weight excluding hydrogens is 486 g/mol. The Kier molecular flexibility index (Phi) is 4.90. The van der Waals surface area contributed by atoms with E-state index in [1.807, 2.05) is 0 Å². The van der Waals surface area contributed by atoms with Crippen LogP contribution in [0.5, 0.6) is 11.5 Å². The summed E-state index contributed by atoms with van der Waals surface area (Å²) in [7, 11) is 8.71. The van der Waals surface area contributed by atoms with Gasteiger partial charge in [0.1, 0.15) is 12.3 Å². The lowest BCUT2D eigenvalue weighted by Crippen LogP contribution is -2.71. The van der Waals surface area contributed by atoms with E-state index in [0.717, 1.165) is 4.76 Å². The number of aliphatic hydroxyl groups is 2. The highest BCUT2D eigenvalue weighted by Gasteiger charge is 2.81. The molecule has 5 heterocycles. The number of halogens is 1. The van der Waals surface area contributed by atoms with E-state index in [0.29, 0.717) is 28.5 Å². The molecule has 2 bridgehead atoms. The fourth-order valence-corrected chi connectivity index (χ4v) is 11.0. The van der Waals surface area contributed by atoms with Crippen LogP contribution in [-0.4, -0.2) is 82.0 Å². The van der Waals surface area contributed by atoms with Gasteiger partial charge >= 0.3 is 0 Å². The minimum absolute atomic E-state index is 0.205. The number of ether oxygens (including phenoxy) is 2. The lowest BCUT2D eigenvalue weighted by molar-refractivity contribution is -0.618. The molecule has 1 aromatic carbocycles. The molecule has 13 heteroatoms. The fraction of sp³-hybridized carbons (Fsp3) is 0.611. The summed E-state index contributed by atoms with van der Waals surface area (Å²) in [5, 5.41) is 24.0. The number of piperazine rings is 1. The number of anilines is 1. The molecule has 5 aliphatic rings. The highest BCUT2D eigenvalue weighted by Crippen LogP contribution is 2.67. The minimum Gasteiger partial charge on any atom is -0.491 e. The first-order chi connectivity index (χ1) is 14.7. The van der Waals surface area contributed by atoms with E-state index in [-0.39, 0.29) is 5.02 Å². The van der Waals surface area contributed by atoms with Gasteiger partial charge in [-0.2, -0.15) is 0 Å². The molecule has 1 spiro atoms. The van der Waals surface area contributed by atoms with E-state index in [1.165, 1.54) is 56.6 Å². The normalized spacial score (nSPS) is 38.5. The topological polar surface area (TPSA) is 103 Å². The van der Waals surface area contributed by atoms with Crippen molar-refractivity contribution in [3.63, 3.8) is 0 Å². The Morgan fingerprint density at radius 1 is 1.32 bits per heavy atom. The van der Waals surface area contributed by atoms with E-state index in [1.54, 1.807) is 18.9 Å². The predicted octanol–water partition coefficient (Wildman–Crippen LogP) is 1.81. The van der Waals surface area contributed by atoms with Crippen LogP contribution in [0.4, 0.5) is 5.69 Å². The van der Waals surface area contributed by atoms with Crippen LogP contribution in [0.15, 0.2) is 6.07 Å². The average molecular weight is 507 g/mol. The summed E-state index contributed by atoms with van der Waals surface area (Å²) in [4.78, 5) is 28.5. The molecule has 5 aliphatic heterocycles. The van der Waals surface area contributed by atoms with Crippen molar-refractivity contribution < 1.29 is 29.2 Å². The number of rotatable bonds is 2. The molecule has 31 heavy (non-hydrogen) atoms. The van der Waals surface area contributed by atoms with Gasteiger partial charge in [0.05, 0.1) is 30.7 Å². The second-order valence-electron chi connectivity index (χ2n) is 7.98. The first kappa shape index (κ1) is 21.8. The van der Waals surface area contributed by atoms with Crippen molar-refractivity contribution >= 4 is 54.6 Å². The van der Waals surface area contributed by atoms with E-state index in [9.17, 15) is 19.9 Å². The van der Waals surface area contributed by atoms with Crippen molar-refractivity contribution in [3.8, 4) is 11.5 Å². The Labute approximate surface area is 195 Å². The zero-order valence-electron chi connectivity index (χ0n) is 17.1. The summed E-state index contributed by atoms with van der Waals surface area (Å²) < 4.78 is 11.7. The lowest BCUT2D eigenvalue weighted by Gasteiger charge is -2.47. The number of carbonyl (C=O) groups is 1. The molecule has 0 radical (unpaired) electrons. The summed E-state index contributed by atoms with van der Waals surface area (Å²) in [6.45, 7) is 1.69. The van der Waals surface area contributed by atoms with Crippen LogP contribution in [0, 0.1) is 4.91 Å². The number of likely N-dealkylation sites (N-methyl/N-ethyl adjacent to an activating group) is 1. The first-order valence-corrected chi connectivity index (χ1v) is 13.5. The average Bonchev–Trinajstić information content (AvgIpc) is 3.07. The number of methoxy groups -OCH3 is 2. The van der Waals surface area contributed by atoms with Crippen molar-refractivity contribution in [2.24, 2.45) is 0 Å². The van der Waals surface area contributed by atoms with Gasteiger partial charge in [0, 0.05) is 29.2 Å². The van der Waals surface area contributed by atoms with Crippen LogP contribution in [0.3, 0.4) is 0 Å². The number of hydrogen-bond donors (Lipinski definition) is 2. The number of benzene rings is 1. The Morgan fingerprint density at radius 2 is 2.00 bits per heavy atom. The number of aliphatic hydroxyl groups excluding tert-OH is 1. The third kappa shape index (κ3) is 2.33. The summed E-state index contributed by atoms with van der Waals surface area (Å²) in [5.74, 6) is 0.503. The molecule has 4 fully saturated rings. The number of fused-ring (bicyclic) bond motifs is 7. The minimum atomic E-state index is -1.89. The Hall–Kier alpha value is -1.05. The molecule has 168 valence electrons. The van der Waals surface area contributed by atoms with Gasteiger partial charge in [0.25, 0.3) is 11.9 Å². The third-order valence-corrected chi connectivity index (χ3v) is 11.9. The molecule has 0 saturated carbocycles.